The number of thiophene rings is 1. The maximum atomic E-state index is 5.76. The van der Waals surface area contributed by atoms with Crippen LogP contribution in [-0.2, 0) is 7.05 Å². The van der Waals surface area contributed by atoms with Crippen LogP contribution in [0.15, 0.2) is 17.5 Å². The number of anilines is 1. The standard InChI is InChI=1S/C12H16N4S2/c1-7(9-5-4-6-18-9)14-12-10(11(13)17)8(2)15-16(12)3/h4-7,14H,1-3H3,(H2,13,17). The van der Waals surface area contributed by atoms with Crippen LogP contribution in [0.2, 0.25) is 0 Å². The maximum absolute atomic E-state index is 5.76. The molecule has 3 N–H and O–H groups in total. The van der Waals surface area contributed by atoms with Crippen molar-refractivity contribution in [2.24, 2.45) is 12.8 Å². The highest BCUT2D eigenvalue weighted by molar-refractivity contribution is 7.80. The summed E-state index contributed by atoms with van der Waals surface area (Å²) in [6, 6.07) is 4.35. The molecule has 0 aliphatic heterocycles. The minimum atomic E-state index is 0.202. The predicted octanol–water partition coefficient (Wildman–Crippen LogP) is 2.60. The van der Waals surface area contributed by atoms with E-state index in [1.807, 2.05) is 20.0 Å². The minimum Gasteiger partial charge on any atom is -0.389 e. The molecule has 6 heteroatoms. The van der Waals surface area contributed by atoms with Gasteiger partial charge in [0.25, 0.3) is 0 Å². The molecule has 4 nitrogen and oxygen atoms in total. The average Bonchev–Trinajstić information content (AvgIpc) is 2.87. The molecule has 0 bridgehead atoms. The SMILES string of the molecule is Cc1nn(C)c(NC(C)c2cccs2)c1C(N)=S. The van der Waals surface area contributed by atoms with Gasteiger partial charge < -0.3 is 11.1 Å². The topological polar surface area (TPSA) is 55.9 Å². The first kappa shape index (κ1) is 13.0. The van der Waals surface area contributed by atoms with Crippen LogP contribution in [0.1, 0.15) is 29.1 Å². The summed E-state index contributed by atoms with van der Waals surface area (Å²) < 4.78 is 1.79. The Bertz CT molecular complexity index is 557. The second kappa shape index (κ2) is 5.07. The molecular weight excluding hydrogens is 264 g/mol. The largest absolute Gasteiger partial charge is 0.389 e. The number of hydrogen-bond acceptors (Lipinski definition) is 4. The Kier molecular flexibility index (Phi) is 3.68. The number of aryl methyl sites for hydroxylation is 2. The molecule has 0 saturated carbocycles. The lowest BCUT2D eigenvalue weighted by molar-refractivity contribution is 0.745. The van der Waals surface area contributed by atoms with Gasteiger partial charge in [0.05, 0.1) is 17.3 Å². The van der Waals surface area contributed by atoms with Crippen LogP contribution in [0.5, 0.6) is 0 Å². The Morgan fingerprint density at radius 3 is 2.89 bits per heavy atom. The number of aromatic nitrogens is 2. The summed E-state index contributed by atoms with van der Waals surface area (Å²) in [5, 5.41) is 9.85. The van der Waals surface area contributed by atoms with Crippen molar-refractivity contribution >= 4 is 34.4 Å². The van der Waals surface area contributed by atoms with Crippen LogP contribution >= 0.6 is 23.6 Å². The molecule has 0 radical (unpaired) electrons. The summed E-state index contributed by atoms with van der Waals surface area (Å²) in [4.78, 5) is 1.64. The van der Waals surface area contributed by atoms with Gasteiger partial charge in [-0.2, -0.15) is 5.10 Å². The van der Waals surface area contributed by atoms with Gasteiger partial charge in [-0.15, -0.1) is 11.3 Å². The molecule has 1 unspecified atom stereocenters. The van der Waals surface area contributed by atoms with Gasteiger partial charge in [-0.3, -0.25) is 4.68 Å². The Hall–Kier alpha value is -1.40. The fraction of sp³-hybridized carbons (Fsp3) is 0.333. The van der Waals surface area contributed by atoms with Gasteiger partial charge in [-0.1, -0.05) is 18.3 Å². The summed E-state index contributed by atoms with van der Waals surface area (Å²) in [5.41, 5.74) is 7.45. The van der Waals surface area contributed by atoms with Gasteiger partial charge in [0.15, 0.2) is 0 Å². The molecule has 2 rings (SSSR count). The molecule has 0 spiro atoms. The third kappa shape index (κ3) is 2.39. The number of nitrogens with two attached hydrogens (primary N) is 1. The fourth-order valence-corrected chi connectivity index (χ4v) is 2.91. The molecule has 0 amide bonds. The highest BCUT2D eigenvalue weighted by Gasteiger charge is 2.17. The van der Waals surface area contributed by atoms with Crippen LogP contribution in [0.25, 0.3) is 0 Å². The fourth-order valence-electron chi connectivity index (χ4n) is 1.93. The van der Waals surface area contributed by atoms with Crippen LogP contribution in [0, 0.1) is 6.92 Å². The third-order valence-electron chi connectivity index (χ3n) is 2.79. The normalized spacial score (nSPS) is 12.4. The Balaban J connectivity index is 2.31. The Morgan fingerprint density at radius 2 is 2.33 bits per heavy atom. The number of hydrogen-bond donors (Lipinski definition) is 2. The predicted molar refractivity (Wildman–Crippen MR) is 80.2 cm³/mol. The monoisotopic (exact) mass is 280 g/mol. The zero-order valence-corrected chi connectivity index (χ0v) is 12.2. The van der Waals surface area contributed by atoms with Crippen LogP contribution in [0.3, 0.4) is 0 Å². The van der Waals surface area contributed by atoms with Crippen LogP contribution in [0.4, 0.5) is 5.82 Å². The molecule has 1 atom stereocenters. The van der Waals surface area contributed by atoms with Gasteiger partial charge >= 0.3 is 0 Å². The molecular formula is C12H16N4S2. The number of thiocarbonyl (C=S) groups is 1. The molecule has 2 heterocycles. The van der Waals surface area contributed by atoms with E-state index in [1.54, 1.807) is 16.0 Å². The van der Waals surface area contributed by atoms with Gasteiger partial charge in [-0.05, 0) is 25.3 Å². The first-order valence-electron chi connectivity index (χ1n) is 5.64. The quantitative estimate of drug-likeness (QED) is 0.845. The summed E-state index contributed by atoms with van der Waals surface area (Å²) >= 11 is 6.81. The van der Waals surface area contributed by atoms with E-state index in [2.05, 4.69) is 28.8 Å². The molecule has 2 aromatic heterocycles. The van der Waals surface area contributed by atoms with Crippen molar-refractivity contribution in [1.82, 2.24) is 9.78 Å². The van der Waals surface area contributed by atoms with Gasteiger partial charge in [0, 0.05) is 11.9 Å². The minimum absolute atomic E-state index is 0.202. The molecule has 0 aliphatic rings. The van der Waals surface area contributed by atoms with E-state index < -0.39 is 0 Å². The lowest BCUT2D eigenvalue weighted by Gasteiger charge is -2.15. The van der Waals surface area contributed by atoms with Crippen molar-refractivity contribution in [3.05, 3.63) is 33.6 Å². The first-order chi connectivity index (χ1) is 8.50. The number of nitrogens with one attached hydrogen (secondary N) is 1. The lowest BCUT2D eigenvalue weighted by Crippen LogP contribution is -2.16. The zero-order chi connectivity index (χ0) is 13.3. The summed E-state index contributed by atoms with van der Waals surface area (Å²) in [6.45, 7) is 4.02. The summed E-state index contributed by atoms with van der Waals surface area (Å²) in [7, 11) is 1.89. The van der Waals surface area contributed by atoms with E-state index in [0.29, 0.717) is 4.99 Å². The zero-order valence-electron chi connectivity index (χ0n) is 10.6. The van der Waals surface area contributed by atoms with Crippen LogP contribution < -0.4 is 11.1 Å². The molecule has 0 fully saturated rings. The second-order valence-corrected chi connectivity index (χ2v) is 5.60. The smallest absolute Gasteiger partial charge is 0.135 e. The van der Waals surface area contributed by atoms with Gasteiger partial charge in [0.2, 0.25) is 0 Å². The Labute approximate surface area is 116 Å². The molecule has 0 saturated heterocycles. The second-order valence-electron chi connectivity index (χ2n) is 4.18. The summed E-state index contributed by atoms with van der Waals surface area (Å²) in [5.74, 6) is 0.876. The highest BCUT2D eigenvalue weighted by Crippen LogP contribution is 2.26. The molecule has 2 aromatic rings. The van der Waals surface area contributed by atoms with Crippen LogP contribution in [-0.4, -0.2) is 14.8 Å². The number of nitrogens with zero attached hydrogens (tertiary/aromatic N) is 2. The van der Waals surface area contributed by atoms with E-state index in [1.165, 1.54) is 4.88 Å². The first-order valence-corrected chi connectivity index (χ1v) is 6.92. The maximum Gasteiger partial charge on any atom is 0.135 e. The van der Waals surface area contributed by atoms with Crippen molar-refractivity contribution < 1.29 is 0 Å². The average molecular weight is 280 g/mol. The third-order valence-corrected chi connectivity index (χ3v) is 4.05. The van der Waals surface area contributed by atoms with E-state index in [0.717, 1.165) is 17.1 Å². The van der Waals surface area contributed by atoms with Crippen molar-refractivity contribution in [1.29, 1.82) is 0 Å². The molecule has 0 aliphatic carbocycles. The van der Waals surface area contributed by atoms with E-state index in [4.69, 9.17) is 18.0 Å². The van der Waals surface area contributed by atoms with E-state index >= 15 is 0 Å². The van der Waals surface area contributed by atoms with Crippen molar-refractivity contribution in [3.63, 3.8) is 0 Å². The number of rotatable bonds is 4. The van der Waals surface area contributed by atoms with E-state index in [9.17, 15) is 0 Å². The molecule has 18 heavy (non-hydrogen) atoms. The highest BCUT2D eigenvalue weighted by atomic mass is 32.1. The van der Waals surface area contributed by atoms with Crippen molar-refractivity contribution in [2.75, 3.05) is 5.32 Å². The molecule has 0 aromatic carbocycles. The molecule has 96 valence electrons. The Morgan fingerprint density at radius 1 is 1.61 bits per heavy atom. The van der Waals surface area contributed by atoms with Crippen molar-refractivity contribution in [3.8, 4) is 0 Å². The van der Waals surface area contributed by atoms with Gasteiger partial charge in [0.1, 0.15) is 10.8 Å². The summed E-state index contributed by atoms with van der Waals surface area (Å²) in [6.07, 6.45) is 0. The van der Waals surface area contributed by atoms with E-state index in [-0.39, 0.29) is 6.04 Å². The lowest BCUT2D eigenvalue weighted by atomic mass is 10.2. The van der Waals surface area contributed by atoms with Gasteiger partial charge in [-0.25, -0.2) is 0 Å². The van der Waals surface area contributed by atoms with Crippen molar-refractivity contribution in [2.45, 2.75) is 19.9 Å².